The van der Waals surface area contributed by atoms with Gasteiger partial charge in [-0.15, -0.1) is 0 Å². The number of nitrogens with one attached hydrogen (secondary N) is 1. The quantitative estimate of drug-likeness (QED) is 0.729. The van der Waals surface area contributed by atoms with E-state index < -0.39 is 0 Å². The molecule has 0 aromatic rings. The van der Waals surface area contributed by atoms with Crippen LogP contribution >= 0.6 is 0 Å². The van der Waals surface area contributed by atoms with E-state index in [2.05, 4.69) is 44.8 Å². The van der Waals surface area contributed by atoms with Gasteiger partial charge >= 0.3 is 0 Å². The van der Waals surface area contributed by atoms with E-state index in [0.29, 0.717) is 11.0 Å². The van der Waals surface area contributed by atoms with Gasteiger partial charge in [0.25, 0.3) is 0 Å². The summed E-state index contributed by atoms with van der Waals surface area (Å²) in [5, 5.41) is 3.55. The molecule has 0 bridgehead atoms. The maximum atomic E-state index is 3.55. The SMILES string of the molecule is CC(C)(C)C1CCCC(N2CCNCC2(C)C)CC1. The standard InChI is InChI=1S/C17H34N2/c1-16(2,3)14-7-6-8-15(10-9-14)19-12-11-18-13-17(19,4)5/h14-15,18H,6-13H2,1-5H3. The van der Waals surface area contributed by atoms with Gasteiger partial charge in [0, 0.05) is 31.2 Å². The van der Waals surface area contributed by atoms with Gasteiger partial charge in [0.05, 0.1) is 0 Å². The van der Waals surface area contributed by atoms with E-state index in [0.717, 1.165) is 18.5 Å². The zero-order valence-corrected chi connectivity index (χ0v) is 13.8. The summed E-state index contributed by atoms with van der Waals surface area (Å²) >= 11 is 0. The number of nitrogens with zero attached hydrogens (tertiary/aromatic N) is 1. The molecule has 112 valence electrons. The molecule has 2 rings (SSSR count). The second kappa shape index (κ2) is 5.73. The number of piperazine rings is 1. The Morgan fingerprint density at radius 2 is 1.79 bits per heavy atom. The minimum absolute atomic E-state index is 0.338. The van der Waals surface area contributed by atoms with E-state index in [1.807, 2.05) is 0 Å². The molecule has 2 unspecified atom stereocenters. The molecule has 1 heterocycles. The highest BCUT2D eigenvalue weighted by Crippen LogP contribution is 2.38. The van der Waals surface area contributed by atoms with Gasteiger partial charge in [-0.3, -0.25) is 4.90 Å². The predicted molar refractivity (Wildman–Crippen MR) is 83.5 cm³/mol. The molecule has 19 heavy (non-hydrogen) atoms. The first-order valence-electron chi connectivity index (χ1n) is 8.28. The molecular formula is C17H34N2. The average molecular weight is 266 g/mol. The van der Waals surface area contributed by atoms with Crippen molar-refractivity contribution in [2.75, 3.05) is 19.6 Å². The molecule has 0 aromatic heterocycles. The molecule has 0 amide bonds. The maximum Gasteiger partial charge on any atom is 0.0281 e. The van der Waals surface area contributed by atoms with Gasteiger partial charge < -0.3 is 5.32 Å². The lowest BCUT2D eigenvalue weighted by molar-refractivity contribution is 0.0369. The Bertz CT molecular complexity index is 290. The summed E-state index contributed by atoms with van der Waals surface area (Å²) in [6, 6.07) is 0.824. The first-order valence-corrected chi connectivity index (χ1v) is 8.28. The normalized spacial score (nSPS) is 33.9. The van der Waals surface area contributed by atoms with Gasteiger partial charge in [-0.25, -0.2) is 0 Å². The smallest absolute Gasteiger partial charge is 0.0281 e. The zero-order chi connectivity index (χ0) is 14.1. The molecular weight excluding hydrogens is 232 g/mol. The molecule has 1 aliphatic carbocycles. The van der Waals surface area contributed by atoms with Crippen LogP contribution in [0.3, 0.4) is 0 Å². The van der Waals surface area contributed by atoms with Crippen LogP contribution in [0.25, 0.3) is 0 Å². The molecule has 0 spiro atoms. The van der Waals surface area contributed by atoms with Gasteiger partial charge in [0.2, 0.25) is 0 Å². The third kappa shape index (κ3) is 3.72. The van der Waals surface area contributed by atoms with Gasteiger partial charge in [-0.2, -0.15) is 0 Å². The molecule has 0 radical (unpaired) electrons. The summed E-state index contributed by atoms with van der Waals surface area (Å²) < 4.78 is 0. The number of hydrogen-bond donors (Lipinski definition) is 1. The number of rotatable bonds is 1. The van der Waals surface area contributed by atoms with E-state index in [-0.39, 0.29) is 0 Å². The lowest BCUT2D eigenvalue weighted by Crippen LogP contribution is -2.61. The van der Waals surface area contributed by atoms with Gasteiger partial charge in [0.15, 0.2) is 0 Å². The second-order valence-corrected chi connectivity index (χ2v) is 8.41. The van der Waals surface area contributed by atoms with Crippen LogP contribution < -0.4 is 5.32 Å². The van der Waals surface area contributed by atoms with E-state index in [4.69, 9.17) is 0 Å². The third-order valence-corrected chi connectivity index (χ3v) is 5.47. The van der Waals surface area contributed by atoms with Gasteiger partial charge in [-0.1, -0.05) is 27.2 Å². The van der Waals surface area contributed by atoms with Crippen molar-refractivity contribution >= 4 is 0 Å². The van der Waals surface area contributed by atoms with E-state index in [1.54, 1.807) is 0 Å². The molecule has 2 aliphatic rings. The Morgan fingerprint density at radius 1 is 1.05 bits per heavy atom. The molecule has 1 saturated heterocycles. The molecule has 0 aromatic carbocycles. The number of hydrogen-bond acceptors (Lipinski definition) is 2. The summed E-state index contributed by atoms with van der Waals surface area (Å²) in [4.78, 5) is 2.80. The molecule has 1 aliphatic heterocycles. The first-order chi connectivity index (χ1) is 8.81. The van der Waals surface area contributed by atoms with Crippen molar-refractivity contribution in [1.82, 2.24) is 10.2 Å². The average Bonchev–Trinajstić information content (AvgIpc) is 2.53. The van der Waals surface area contributed by atoms with Gasteiger partial charge in [0.1, 0.15) is 0 Å². The van der Waals surface area contributed by atoms with Crippen LogP contribution in [0, 0.1) is 11.3 Å². The van der Waals surface area contributed by atoms with E-state index in [9.17, 15) is 0 Å². The molecule has 2 atom stereocenters. The summed E-state index contributed by atoms with van der Waals surface area (Å²) in [5.41, 5.74) is 0.832. The van der Waals surface area contributed by atoms with Crippen LogP contribution in [0.2, 0.25) is 0 Å². The topological polar surface area (TPSA) is 15.3 Å². The van der Waals surface area contributed by atoms with E-state index in [1.165, 1.54) is 45.2 Å². The van der Waals surface area contributed by atoms with Crippen molar-refractivity contribution < 1.29 is 0 Å². The molecule has 2 fully saturated rings. The fraction of sp³-hybridized carbons (Fsp3) is 1.00. The zero-order valence-electron chi connectivity index (χ0n) is 13.8. The lowest BCUT2D eigenvalue weighted by Gasteiger charge is -2.47. The first kappa shape index (κ1) is 15.3. The predicted octanol–water partition coefficient (Wildman–Crippen LogP) is 3.67. The highest BCUT2D eigenvalue weighted by molar-refractivity contribution is 4.93. The van der Waals surface area contributed by atoms with Crippen molar-refractivity contribution in [3.8, 4) is 0 Å². The van der Waals surface area contributed by atoms with Crippen LogP contribution in [0.15, 0.2) is 0 Å². The van der Waals surface area contributed by atoms with Crippen LogP contribution in [-0.2, 0) is 0 Å². The lowest BCUT2D eigenvalue weighted by atomic mass is 9.76. The maximum absolute atomic E-state index is 3.55. The van der Waals surface area contributed by atoms with Crippen molar-refractivity contribution in [2.24, 2.45) is 11.3 Å². The summed E-state index contributed by atoms with van der Waals surface area (Å²) in [5.74, 6) is 0.920. The molecule has 1 saturated carbocycles. The fourth-order valence-electron chi connectivity index (χ4n) is 4.13. The van der Waals surface area contributed by atoms with E-state index >= 15 is 0 Å². The molecule has 2 heteroatoms. The van der Waals surface area contributed by atoms with Gasteiger partial charge in [-0.05, 0) is 50.9 Å². The van der Waals surface area contributed by atoms with Crippen LogP contribution in [0.4, 0.5) is 0 Å². The molecule has 2 nitrogen and oxygen atoms in total. The summed E-state index contributed by atoms with van der Waals surface area (Å²) in [6.07, 6.45) is 7.11. The highest BCUT2D eigenvalue weighted by atomic mass is 15.3. The van der Waals surface area contributed by atoms with Crippen LogP contribution in [0.5, 0.6) is 0 Å². The van der Waals surface area contributed by atoms with Crippen molar-refractivity contribution in [3.63, 3.8) is 0 Å². The third-order valence-electron chi connectivity index (χ3n) is 5.47. The Kier molecular flexibility index (Phi) is 4.62. The van der Waals surface area contributed by atoms with Crippen LogP contribution in [-0.4, -0.2) is 36.1 Å². The second-order valence-electron chi connectivity index (χ2n) is 8.41. The van der Waals surface area contributed by atoms with Crippen LogP contribution in [0.1, 0.15) is 66.7 Å². The summed E-state index contributed by atoms with van der Waals surface area (Å²) in [7, 11) is 0. The Balaban J connectivity index is 1.99. The fourth-order valence-corrected chi connectivity index (χ4v) is 4.13. The largest absolute Gasteiger partial charge is 0.314 e. The van der Waals surface area contributed by atoms with Crippen molar-refractivity contribution in [2.45, 2.75) is 78.3 Å². The Hall–Kier alpha value is -0.0800. The van der Waals surface area contributed by atoms with Crippen molar-refractivity contribution in [3.05, 3.63) is 0 Å². The monoisotopic (exact) mass is 266 g/mol. The highest BCUT2D eigenvalue weighted by Gasteiger charge is 2.36. The minimum Gasteiger partial charge on any atom is -0.314 e. The minimum atomic E-state index is 0.338. The summed E-state index contributed by atoms with van der Waals surface area (Å²) in [6.45, 7) is 15.6. The molecule has 1 N–H and O–H groups in total. The Morgan fingerprint density at radius 3 is 2.42 bits per heavy atom. The Labute approximate surface area is 120 Å². The van der Waals surface area contributed by atoms with Crippen molar-refractivity contribution in [1.29, 1.82) is 0 Å².